The van der Waals surface area contributed by atoms with Crippen LogP contribution in [0.25, 0.3) is 0 Å². The van der Waals surface area contributed by atoms with E-state index in [-0.39, 0.29) is 17.4 Å². The average molecular weight is 335 g/mol. The fourth-order valence-corrected chi connectivity index (χ4v) is 3.60. The van der Waals surface area contributed by atoms with E-state index in [2.05, 4.69) is 74.6 Å². The Morgan fingerprint density at radius 3 is 2.52 bits per heavy atom. The van der Waals surface area contributed by atoms with Gasteiger partial charge in [-0.3, -0.25) is 4.79 Å². The number of aryl methyl sites for hydroxylation is 2. The molecule has 2 nitrogen and oxygen atoms in total. The largest absolute Gasteiger partial charge is 0.349 e. The zero-order chi connectivity index (χ0) is 17.9. The Morgan fingerprint density at radius 2 is 1.80 bits per heavy atom. The van der Waals surface area contributed by atoms with Gasteiger partial charge in [0.05, 0.1) is 6.04 Å². The van der Waals surface area contributed by atoms with Crippen molar-refractivity contribution in [2.45, 2.75) is 64.3 Å². The third kappa shape index (κ3) is 4.50. The molecule has 2 aromatic rings. The maximum Gasteiger partial charge on any atom is 0.220 e. The first-order valence-electron chi connectivity index (χ1n) is 9.40. The molecule has 0 saturated heterocycles. The van der Waals surface area contributed by atoms with E-state index in [0.717, 1.165) is 25.7 Å². The van der Waals surface area contributed by atoms with Crippen molar-refractivity contribution in [3.05, 3.63) is 70.8 Å². The molecule has 0 unspecified atom stereocenters. The Bertz CT molecular complexity index is 725. The quantitative estimate of drug-likeness (QED) is 0.826. The Kier molecular flexibility index (Phi) is 5.27. The van der Waals surface area contributed by atoms with Crippen LogP contribution in [0.3, 0.4) is 0 Å². The highest BCUT2D eigenvalue weighted by atomic mass is 16.1. The van der Waals surface area contributed by atoms with Crippen molar-refractivity contribution >= 4 is 5.91 Å². The smallest absolute Gasteiger partial charge is 0.220 e. The molecule has 2 aromatic carbocycles. The van der Waals surface area contributed by atoms with Crippen LogP contribution >= 0.6 is 0 Å². The van der Waals surface area contributed by atoms with Crippen molar-refractivity contribution in [3.63, 3.8) is 0 Å². The van der Waals surface area contributed by atoms with E-state index in [4.69, 9.17) is 0 Å². The van der Waals surface area contributed by atoms with E-state index in [1.807, 2.05) is 0 Å². The maximum absolute atomic E-state index is 12.4. The third-order valence-electron chi connectivity index (χ3n) is 5.17. The molecule has 25 heavy (non-hydrogen) atoms. The lowest BCUT2D eigenvalue weighted by Gasteiger charge is -2.26. The molecular formula is C23H29NO. The number of hydrogen-bond donors (Lipinski definition) is 1. The molecule has 1 aliphatic rings. The zero-order valence-corrected chi connectivity index (χ0v) is 15.6. The summed E-state index contributed by atoms with van der Waals surface area (Å²) in [5.74, 6) is 0.154. The van der Waals surface area contributed by atoms with Gasteiger partial charge in [0.25, 0.3) is 0 Å². The summed E-state index contributed by atoms with van der Waals surface area (Å²) >= 11 is 0. The summed E-state index contributed by atoms with van der Waals surface area (Å²) in [6.45, 7) is 6.66. The summed E-state index contributed by atoms with van der Waals surface area (Å²) < 4.78 is 0. The topological polar surface area (TPSA) is 29.1 Å². The van der Waals surface area contributed by atoms with Gasteiger partial charge in [-0.1, -0.05) is 69.3 Å². The van der Waals surface area contributed by atoms with Gasteiger partial charge in [-0.25, -0.2) is 0 Å². The van der Waals surface area contributed by atoms with E-state index >= 15 is 0 Å². The second-order valence-corrected chi connectivity index (χ2v) is 8.16. The van der Waals surface area contributed by atoms with Gasteiger partial charge in [-0.15, -0.1) is 0 Å². The van der Waals surface area contributed by atoms with Crippen LogP contribution in [-0.2, 0) is 23.1 Å². The van der Waals surface area contributed by atoms with Crippen molar-refractivity contribution in [3.8, 4) is 0 Å². The third-order valence-corrected chi connectivity index (χ3v) is 5.17. The van der Waals surface area contributed by atoms with E-state index in [0.29, 0.717) is 6.42 Å². The Labute approximate surface area is 151 Å². The van der Waals surface area contributed by atoms with Crippen LogP contribution in [-0.4, -0.2) is 5.91 Å². The minimum absolute atomic E-state index is 0.154. The van der Waals surface area contributed by atoms with Gasteiger partial charge < -0.3 is 5.32 Å². The SMILES string of the molecule is CC(C)(C)c1ccc(CCC(=O)N[C@@H]2CCCc3ccccc32)cc1. The molecule has 0 radical (unpaired) electrons. The van der Waals surface area contributed by atoms with E-state index in [1.54, 1.807) is 0 Å². The van der Waals surface area contributed by atoms with Crippen molar-refractivity contribution in [2.75, 3.05) is 0 Å². The summed E-state index contributed by atoms with van der Waals surface area (Å²) in [5.41, 5.74) is 5.42. The average Bonchev–Trinajstić information content (AvgIpc) is 2.60. The molecule has 0 fully saturated rings. The highest BCUT2D eigenvalue weighted by molar-refractivity contribution is 5.76. The lowest BCUT2D eigenvalue weighted by atomic mass is 9.86. The Balaban J connectivity index is 1.55. The van der Waals surface area contributed by atoms with Crippen LogP contribution in [0.5, 0.6) is 0 Å². The number of carbonyl (C=O) groups excluding carboxylic acids is 1. The predicted molar refractivity (Wildman–Crippen MR) is 104 cm³/mol. The van der Waals surface area contributed by atoms with E-state index < -0.39 is 0 Å². The normalized spacial score (nSPS) is 17.0. The zero-order valence-electron chi connectivity index (χ0n) is 15.6. The lowest BCUT2D eigenvalue weighted by Crippen LogP contribution is -2.31. The Morgan fingerprint density at radius 1 is 1.08 bits per heavy atom. The van der Waals surface area contributed by atoms with Gasteiger partial charge in [0.2, 0.25) is 5.91 Å². The minimum Gasteiger partial charge on any atom is -0.349 e. The highest BCUT2D eigenvalue weighted by Crippen LogP contribution is 2.29. The monoisotopic (exact) mass is 335 g/mol. The minimum atomic E-state index is 0.154. The fourth-order valence-electron chi connectivity index (χ4n) is 3.60. The molecule has 2 heteroatoms. The fraction of sp³-hybridized carbons (Fsp3) is 0.435. The van der Waals surface area contributed by atoms with Crippen molar-refractivity contribution in [1.82, 2.24) is 5.32 Å². The van der Waals surface area contributed by atoms with Gasteiger partial charge in [-0.2, -0.15) is 0 Å². The summed E-state index contributed by atoms with van der Waals surface area (Å²) in [5, 5.41) is 3.24. The molecule has 0 heterocycles. The first-order chi connectivity index (χ1) is 11.9. The Hall–Kier alpha value is -2.09. The summed E-state index contributed by atoms with van der Waals surface area (Å²) in [6.07, 6.45) is 4.67. The molecule has 0 spiro atoms. The van der Waals surface area contributed by atoms with Crippen molar-refractivity contribution in [2.24, 2.45) is 0 Å². The summed E-state index contributed by atoms with van der Waals surface area (Å²) in [4.78, 5) is 12.4. The van der Waals surface area contributed by atoms with Crippen LogP contribution in [0.1, 0.15) is 68.3 Å². The van der Waals surface area contributed by atoms with Gasteiger partial charge in [0, 0.05) is 6.42 Å². The van der Waals surface area contributed by atoms with Crippen LogP contribution in [0.2, 0.25) is 0 Å². The molecule has 1 N–H and O–H groups in total. The summed E-state index contributed by atoms with van der Waals surface area (Å²) in [7, 11) is 0. The van der Waals surface area contributed by atoms with Crippen LogP contribution < -0.4 is 5.32 Å². The van der Waals surface area contributed by atoms with Crippen LogP contribution in [0.15, 0.2) is 48.5 Å². The molecule has 132 valence electrons. The second-order valence-electron chi connectivity index (χ2n) is 8.16. The second kappa shape index (κ2) is 7.43. The number of hydrogen-bond acceptors (Lipinski definition) is 1. The summed E-state index contributed by atoms with van der Waals surface area (Å²) in [6, 6.07) is 17.4. The molecule has 0 bridgehead atoms. The highest BCUT2D eigenvalue weighted by Gasteiger charge is 2.21. The molecular weight excluding hydrogens is 306 g/mol. The standard InChI is InChI=1S/C23H29NO/c1-23(2,3)19-14-11-17(12-15-19)13-16-22(25)24-21-10-6-8-18-7-4-5-9-20(18)21/h4-5,7,9,11-12,14-15,21H,6,8,10,13,16H2,1-3H3,(H,24,25)/t21-/m1/s1. The first-order valence-corrected chi connectivity index (χ1v) is 9.40. The maximum atomic E-state index is 12.4. The van der Waals surface area contributed by atoms with E-state index in [9.17, 15) is 4.79 Å². The molecule has 0 saturated carbocycles. The first kappa shape index (κ1) is 17.7. The van der Waals surface area contributed by atoms with Gasteiger partial charge in [0.1, 0.15) is 0 Å². The van der Waals surface area contributed by atoms with Gasteiger partial charge >= 0.3 is 0 Å². The van der Waals surface area contributed by atoms with Crippen molar-refractivity contribution in [1.29, 1.82) is 0 Å². The molecule has 1 atom stereocenters. The van der Waals surface area contributed by atoms with Gasteiger partial charge in [-0.05, 0) is 53.4 Å². The number of rotatable bonds is 4. The molecule has 1 aliphatic carbocycles. The number of benzene rings is 2. The molecule has 3 rings (SSSR count). The number of amides is 1. The molecule has 0 aromatic heterocycles. The van der Waals surface area contributed by atoms with Crippen LogP contribution in [0.4, 0.5) is 0 Å². The molecule has 0 aliphatic heterocycles. The van der Waals surface area contributed by atoms with Gasteiger partial charge in [0.15, 0.2) is 0 Å². The van der Waals surface area contributed by atoms with Crippen molar-refractivity contribution < 1.29 is 4.79 Å². The number of fused-ring (bicyclic) bond motifs is 1. The van der Waals surface area contributed by atoms with Crippen LogP contribution in [0, 0.1) is 0 Å². The lowest BCUT2D eigenvalue weighted by molar-refractivity contribution is -0.121. The van der Waals surface area contributed by atoms with E-state index in [1.165, 1.54) is 22.3 Å². The number of carbonyl (C=O) groups is 1. The molecule has 1 amide bonds. The number of nitrogens with one attached hydrogen (secondary N) is 1. The predicted octanol–water partition coefficient (Wildman–Crippen LogP) is 5.11.